The number of nitrogen functional groups attached to an aromatic ring is 1. The van der Waals surface area contributed by atoms with Crippen LogP contribution in [0.4, 0.5) is 31.8 Å². The number of hydrazine groups is 1. The second kappa shape index (κ2) is 5.66. The second-order valence-corrected chi connectivity index (χ2v) is 4.24. The van der Waals surface area contributed by atoms with E-state index < -0.39 is 11.6 Å². The molecule has 0 aliphatic heterocycles. The monoisotopic (exact) mass is 280 g/mol. The number of hydrogen-bond acceptors (Lipinski definition) is 6. The minimum atomic E-state index is -0.731. The number of anilines is 4. The van der Waals surface area contributed by atoms with Gasteiger partial charge in [0.15, 0.2) is 11.6 Å². The lowest BCUT2D eigenvalue weighted by molar-refractivity contribution is 0.492. The first-order valence-electron chi connectivity index (χ1n) is 5.74. The summed E-state index contributed by atoms with van der Waals surface area (Å²) < 4.78 is 26.4. The van der Waals surface area contributed by atoms with E-state index in [2.05, 4.69) is 20.7 Å². The molecule has 0 saturated carbocycles. The van der Waals surface area contributed by atoms with Gasteiger partial charge in [-0.3, -0.25) is 0 Å². The van der Waals surface area contributed by atoms with E-state index in [4.69, 9.17) is 5.73 Å². The van der Waals surface area contributed by atoms with E-state index >= 15 is 0 Å². The normalized spacial score (nSPS) is 10.7. The molecular weight excluding hydrogens is 266 g/mol. The quantitative estimate of drug-likeness (QED) is 0.743. The molecule has 0 bridgehead atoms. The Morgan fingerprint density at radius 2 is 1.85 bits per heavy atom. The van der Waals surface area contributed by atoms with E-state index in [-0.39, 0.29) is 17.2 Å². The van der Waals surface area contributed by atoms with Gasteiger partial charge in [0, 0.05) is 20.2 Å². The molecule has 1 aromatic carbocycles. The van der Waals surface area contributed by atoms with Crippen LogP contribution >= 0.6 is 0 Å². The maximum absolute atomic E-state index is 13.6. The highest BCUT2D eigenvalue weighted by Gasteiger charge is 2.11. The Kier molecular flexibility index (Phi) is 3.94. The first kappa shape index (κ1) is 13.9. The number of nitrogens with zero attached hydrogens (tertiary/aromatic N) is 3. The van der Waals surface area contributed by atoms with E-state index in [9.17, 15) is 8.78 Å². The van der Waals surface area contributed by atoms with E-state index in [1.807, 2.05) is 0 Å². The maximum Gasteiger partial charge on any atom is 0.169 e. The molecule has 6 nitrogen and oxygen atoms in total. The molecule has 0 radical (unpaired) electrons. The van der Waals surface area contributed by atoms with Crippen LogP contribution in [-0.2, 0) is 0 Å². The third-order valence-corrected chi connectivity index (χ3v) is 2.40. The van der Waals surface area contributed by atoms with Gasteiger partial charge in [-0.05, 0) is 12.1 Å². The highest BCUT2D eigenvalue weighted by Crippen LogP contribution is 2.27. The molecule has 0 fully saturated rings. The average molecular weight is 280 g/mol. The molecule has 4 N–H and O–H groups in total. The van der Waals surface area contributed by atoms with Crippen LogP contribution in [0.25, 0.3) is 0 Å². The third kappa shape index (κ3) is 3.09. The van der Waals surface area contributed by atoms with Crippen molar-refractivity contribution in [3.05, 3.63) is 36.2 Å². The van der Waals surface area contributed by atoms with Gasteiger partial charge in [-0.15, -0.1) is 0 Å². The van der Waals surface area contributed by atoms with E-state index in [0.29, 0.717) is 5.82 Å². The standard InChI is InChI=1S/C12H14F2N6/c1-20(2)19-12-10(15)11(16-6-17-12)18-9-4-3-7(13)5-8(9)14/h3-6H,15H2,1-2H3,(H2,16,17,18,19). The summed E-state index contributed by atoms with van der Waals surface area (Å²) in [6.45, 7) is 0. The van der Waals surface area contributed by atoms with Gasteiger partial charge >= 0.3 is 0 Å². The smallest absolute Gasteiger partial charge is 0.169 e. The van der Waals surface area contributed by atoms with Crippen molar-refractivity contribution in [2.24, 2.45) is 0 Å². The van der Waals surface area contributed by atoms with Gasteiger partial charge in [0.2, 0.25) is 0 Å². The summed E-state index contributed by atoms with van der Waals surface area (Å²) in [6.07, 6.45) is 1.28. The van der Waals surface area contributed by atoms with Crippen molar-refractivity contribution in [3.8, 4) is 0 Å². The van der Waals surface area contributed by atoms with Gasteiger partial charge in [0.05, 0.1) is 5.69 Å². The summed E-state index contributed by atoms with van der Waals surface area (Å²) in [4.78, 5) is 7.91. The fourth-order valence-corrected chi connectivity index (χ4v) is 1.51. The number of rotatable bonds is 4. The lowest BCUT2D eigenvalue weighted by Crippen LogP contribution is -2.21. The lowest BCUT2D eigenvalue weighted by Gasteiger charge is -2.16. The number of nitrogens with one attached hydrogen (secondary N) is 2. The van der Waals surface area contributed by atoms with Gasteiger partial charge in [0.1, 0.15) is 23.6 Å². The number of halogens is 2. The van der Waals surface area contributed by atoms with Gasteiger partial charge in [-0.25, -0.2) is 23.8 Å². The Morgan fingerprint density at radius 3 is 2.50 bits per heavy atom. The molecule has 2 aromatic rings. The summed E-state index contributed by atoms with van der Waals surface area (Å²) in [5.41, 5.74) is 9.08. The van der Waals surface area contributed by atoms with E-state index in [1.165, 1.54) is 12.4 Å². The Balaban J connectivity index is 2.29. The van der Waals surface area contributed by atoms with Crippen molar-refractivity contribution < 1.29 is 8.78 Å². The van der Waals surface area contributed by atoms with Crippen molar-refractivity contribution in [3.63, 3.8) is 0 Å². The molecule has 0 amide bonds. The fraction of sp³-hybridized carbons (Fsp3) is 0.167. The molecule has 0 aliphatic rings. The Hall–Kier alpha value is -2.48. The fourth-order valence-electron chi connectivity index (χ4n) is 1.51. The molecule has 0 unspecified atom stereocenters. The van der Waals surface area contributed by atoms with Crippen LogP contribution < -0.4 is 16.5 Å². The first-order chi connectivity index (χ1) is 9.47. The van der Waals surface area contributed by atoms with Crippen LogP contribution in [0.1, 0.15) is 0 Å². The van der Waals surface area contributed by atoms with Crippen LogP contribution in [0.5, 0.6) is 0 Å². The predicted molar refractivity (Wildman–Crippen MR) is 73.4 cm³/mol. The minimum absolute atomic E-state index is 0.0765. The van der Waals surface area contributed by atoms with Crippen LogP contribution in [0.3, 0.4) is 0 Å². The van der Waals surface area contributed by atoms with E-state index in [1.54, 1.807) is 19.1 Å². The molecule has 0 atom stereocenters. The van der Waals surface area contributed by atoms with Gasteiger partial charge < -0.3 is 16.5 Å². The summed E-state index contributed by atoms with van der Waals surface area (Å²) in [5, 5.41) is 4.36. The van der Waals surface area contributed by atoms with Crippen molar-refractivity contribution >= 4 is 23.0 Å². The van der Waals surface area contributed by atoms with Crippen LogP contribution in [0.15, 0.2) is 24.5 Å². The molecule has 0 spiro atoms. The lowest BCUT2D eigenvalue weighted by atomic mass is 10.3. The van der Waals surface area contributed by atoms with Crippen molar-refractivity contribution in [2.45, 2.75) is 0 Å². The highest BCUT2D eigenvalue weighted by molar-refractivity contribution is 5.77. The van der Waals surface area contributed by atoms with Crippen molar-refractivity contribution in [1.29, 1.82) is 0 Å². The van der Waals surface area contributed by atoms with Gasteiger partial charge in [-0.1, -0.05) is 0 Å². The van der Waals surface area contributed by atoms with E-state index in [0.717, 1.165) is 12.1 Å². The summed E-state index contributed by atoms with van der Waals surface area (Å²) in [5.74, 6) is -0.770. The molecule has 8 heteroatoms. The van der Waals surface area contributed by atoms with Gasteiger partial charge in [0.25, 0.3) is 0 Å². The molecule has 106 valence electrons. The second-order valence-electron chi connectivity index (χ2n) is 4.24. The van der Waals surface area contributed by atoms with Crippen LogP contribution in [-0.4, -0.2) is 29.1 Å². The maximum atomic E-state index is 13.6. The summed E-state index contributed by atoms with van der Waals surface area (Å²) in [7, 11) is 3.54. The Morgan fingerprint density at radius 1 is 1.15 bits per heavy atom. The average Bonchev–Trinajstić information content (AvgIpc) is 2.36. The molecular formula is C12H14F2N6. The minimum Gasteiger partial charge on any atom is -0.393 e. The molecule has 1 heterocycles. The third-order valence-electron chi connectivity index (χ3n) is 2.40. The Labute approximate surface area is 114 Å². The largest absolute Gasteiger partial charge is 0.393 e. The SMILES string of the molecule is CN(C)Nc1ncnc(Nc2ccc(F)cc2F)c1N. The topological polar surface area (TPSA) is 79.1 Å². The van der Waals surface area contributed by atoms with Gasteiger partial charge in [-0.2, -0.15) is 0 Å². The number of hydrogen-bond donors (Lipinski definition) is 3. The number of nitrogens with two attached hydrogens (primary N) is 1. The molecule has 1 aromatic heterocycles. The molecule has 0 saturated heterocycles. The zero-order valence-electron chi connectivity index (χ0n) is 11.0. The number of benzene rings is 1. The molecule has 2 rings (SSSR count). The zero-order valence-corrected chi connectivity index (χ0v) is 11.0. The summed E-state index contributed by atoms with van der Waals surface area (Å²) in [6, 6.07) is 3.19. The number of aromatic nitrogens is 2. The first-order valence-corrected chi connectivity index (χ1v) is 5.74. The molecule has 0 aliphatic carbocycles. The summed E-state index contributed by atoms with van der Waals surface area (Å²) >= 11 is 0. The Bertz CT molecular complexity index is 617. The van der Waals surface area contributed by atoms with Crippen LogP contribution in [0.2, 0.25) is 0 Å². The van der Waals surface area contributed by atoms with Crippen LogP contribution in [0, 0.1) is 11.6 Å². The van der Waals surface area contributed by atoms with Crippen molar-refractivity contribution in [2.75, 3.05) is 30.6 Å². The predicted octanol–water partition coefficient (Wildman–Crippen LogP) is 1.97. The zero-order chi connectivity index (χ0) is 14.7. The highest BCUT2D eigenvalue weighted by atomic mass is 19.1. The molecule has 20 heavy (non-hydrogen) atoms. The van der Waals surface area contributed by atoms with Crippen molar-refractivity contribution in [1.82, 2.24) is 15.0 Å².